The van der Waals surface area contributed by atoms with Gasteiger partial charge in [-0.15, -0.1) is 0 Å². The molecule has 1 N–H and O–H groups in total. The maximum atomic E-state index is 11.6. The fourth-order valence-corrected chi connectivity index (χ4v) is 3.40. The molecule has 0 aromatic carbocycles. The van der Waals surface area contributed by atoms with Gasteiger partial charge in [0.05, 0.1) is 4.92 Å². The summed E-state index contributed by atoms with van der Waals surface area (Å²) in [6.45, 7) is 0. The van der Waals surface area contributed by atoms with Gasteiger partial charge in [-0.3, -0.25) is 10.1 Å². The van der Waals surface area contributed by atoms with Crippen LogP contribution in [-0.2, 0) is 10.3 Å². The molecule has 0 saturated carbocycles. The van der Waals surface area contributed by atoms with E-state index < -0.39 is 16.5 Å². The number of furan rings is 1. The highest BCUT2D eigenvalue weighted by atomic mass is 16.6. The van der Waals surface area contributed by atoms with E-state index in [0.29, 0.717) is 6.42 Å². The fourth-order valence-electron chi connectivity index (χ4n) is 3.40. The number of carbonyl (C=O) groups is 1. The van der Waals surface area contributed by atoms with E-state index in [1.807, 2.05) is 0 Å². The van der Waals surface area contributed by atoms with Gasteiger partial charge in [-0.25, -0.2) is 4.79 Å². The average molecular weight is 319 g/mol. The van der Waals surface area contributed by atoms with Gasteiger partial charge in [-0.05, 0) is 43.4 Å². The van der Waals surface area contributed by atoms with Crippen molar-refractivity contribution in [1.82, 2.24) is 0 Å². The van der Waals surface area contributed by atoms with Crippen LogP contribution >= 0.6 is 0 Å². The highest BCUT2D eigenvalue weighted by molar-refractivity contribution is 5.84. The Hall–Kier alpha value is -2.41. The molecule has 1 unspecified atom stereocenters. The number of carboxylic acid groups (broad SMARTS) is 1. The zero-order valence-electron chi connectivity index (χ0n) is 12.7. The zero-order chi connectivity index (χ0) is 16.6. The predicted octanol–water partition coefficient (Wildman–Crippen LogP) is 3.25. The van der Waals surface area contributed by atoms with Crippen LogP contribution in [0.15, 0.2) is 39.5 Å². The second-order valence-corrected chi connectivity index (χ2v) is 5.80. The summed E-state index contributed by atoms with van der Waals surface area (Å²) in [5.41, 5.74) is 0.637. The SMILES string of the molecule is COC1(c2ccc(C(=O)O)o2)CC2=C(C=C1[N+](=O)[O-])CCCC2. The molecular formula is C16H17NO6. The van der Waals surface area contributed by atoms with Gasteiger partial charge in [0.15, 0.2) is 0 Å². The molecule has 0 aliphatic heterocycles. The smallest absolute Gasteiger partial charge is 0.371 e. The minimum absolute atomic E-state index is 0.105. The summed E-state index contributed by atoms with van der Waals surface area (Å²) >= 11 is 0. The highest BCUT2D eigenvalue weighted by Gasteiger charge is 2.51. The molecule has 23 heavy (non-hydrogen) atoms. The van der Waals surface area contributed by atoms with Crippen LogP contribution in [0.1, 0.15) is 48.4 Å². The summed E-state index contributed by atoms with van der Waals surface area (Å²) in [4.78, 5) is 22.2. The molecule has 122 valence electrons. The van der Waals surface area contributed by atoms with Crippen molar-refractivity contribution in [3.05, 3.63) is 56.7 Å². The first kappa shape index (κ1) is 15.5. The molecule has 2 aliphatic carbocycles. The third-order valence-electron chi connectivity index (χ3n) is 4.58. The number of rotatable bonds is 4. The van der Waals surface area contributed by atoms with E-state index in [-0.39, 0.29) is 17.2 Å². The summed E-state index contributed by atoms with van der Waals surface area (Å²) in [5.74, 6) is -1.33. The van der Waals surface area contributed by atoms with Gasteiger partial charge in [0, 0.05) is 19.6 Å². The molecule has 1 aromatic rings. The first-order valence-corrected chi connectivity index (χ1v) is 7.44. The van der Waals surface area contributed by atoms with E-state index in [1.54, 1.807) is 6.08 Å². The molecule has 1 heterocycles. The Morgan fingerprint density at radius 1 is 1.39 bits per heavy atom. The molecule has 7 nitrogen and oxygen atoms in total. The van der Waals surface area contributed by atoms with Crippen molar-refractivity contribution in [1.29, 1.82) is 0 Å². The van der Waals surface area contributed by atoms with Crippen molar-refractivity contribution < 1.29 is 24.0 Å². The summed E-state index contributed by atoms with van der Waals surface area (Å²) in [7, 11) is 1.38. The Kier molecular flexibility index (Phi) is 3.81. The normalized spacial score (nSPS) is 24.1. The first-order valence-electron chi connectivity index (χ1n) is 7.44. The van der Waals surface area contributed by atoms with Crippen LogP contribution in [0.2, 0.25) is 0 Å². The largest absolute Gasteiger partial charge is 0.475 e. The van der Waals surface area contributed by atoms with E-state index in [0.717, 1.165) is 36.8 Å². The van der Waals surface area contributed by atoms with Gasteiger partial charge < -0.3 is 14.3 Å². The number of aromatic carboxylic acids is 1. The van der Waals surface area contributed by atoms with Crippen LogP contribution in [0.25, 0.3) is 0 Å². The molecule has 0 amide bonds. The molecule has 7 heteroatoms. The van der Waals surface area contributed by atoms with Crippen LogP contribution < -0.4 is 0 Å². The van der Waals surface area contributed by atoms with Gasteiger partial charge in [0.2, 0.25) is 11.4 Å². The lowest BCUT2D eigenvalue weighted by atomic mass is 9.76. The number of hydrogen-bond donors (Lipinski definition) is 1. The van der Waals surface area contributed by atoms with E-state index in [2.05, 4.69) is 0 Å². The lowest BCUT2D eigenvalue weighted by Gasteiger charge is -2.34. The van der Waals surface area contributed by atoms with Gasteiger partial charge >= 0.3 is 5.97 Å². The van der Waals surface area contributed by atoms with Crippen molar-refractivity contribution in [2.45, 2.75) is 37.7 Å². The Morgan fingerprint density at radius 2 is 2.13 bits per heavy atom. The van der Waals surface area contributed by atoms with Crippen LogP contribution in [0, 0.1) is 10.1 Å². The zero-order valence-corrected chi connectivity index (χ0v) is 12.7. The molecule has 0 bridgehead atoms. The van der Waals surface area contributed by atoms with Crippen molar-refractivity contribution in [3.8, 4) is 0 Å². The maximum absolute atomic E-state index is 11.6. The number of nitrogens with zero attached hydrogens (tertiary/aromatic N) is 1. The van der Waals surface area contributed by atoms with Crippen molar-refractivity contribution >= 4 is 5.97 Å². The monoisotopic (exact) mass is 319 g/mol. The Labute approximate surface area is 132 Å². The third kappa shape index (κ3) is 2.46. The van der Waals surface area contributed by atoms with E-state index >= 15 is 0 Å². The molecule has 2 aliphatic rings. The summed E-state index contributed by atoms with van der Waals surface area (Å²) in [6.07, 6.45) is 5.64. The van der Waals surface area contributed by atoms with E-state index in [1.165, 1.54) is 19.2 Å². The van der Waals surface area contributed by atoms with Gasteiger partial charge in [0.1, 0.15) is 5.76 Å². The van der Waals surface area contributed by atoms with Crippen LogP contribution in [0.3, 0.4) is 0 Å². The fraction of sp³-hybridized carbons (Fsp3) is 0.438. The van der Waals surface area contributed by atoms with E-state index in [4.69, 9.17) is 14.3 Å². The molecule has 0 radical (unpaired) electrons. The summed E-state index contributed by atoms with van der Waals surface area (Å²) in [6, 6.07) is 2.74. The lowest BCUT2D eigenvalue weighted by Crippen LogP contribution is -2.37. The maximum Gasteiger partial charge on any atom is 0.371 e. The minimum atomic E-state index is -1.38. The molecule has 0 fully saturated rings. The van der Waals surface area contributed by atoms with Gasteiger partial charge in [-0.1, -0.05) is 5.57 Å². The van der Waals surface area contributed by atoms with Gasteiger partial charge in [0.25, 0.3) is 5.70 Å². The number of methoxy groups -OCH3 is 1. The number of ether oxygens (including phenoxy) is 1. The minimum Gasteiger partial charge on any atom is -0.475 e. The standard InChI is InChI=1S/C16H17NO6/c1-22-16(14-7-6-12(23-14)15(18)19)9-11-5-3-2-4-10(11)8-13(16)17(20)21/h6-8H,2-5,9H2,1H3,(H,18,19). The number of hydrogen-bond acceptors (Lipinski definition) is 5. The predicted molar refractivity (Wildman–Crippen MR) is 79.5 cm³/mol. The third-order valence-corrected chi connectivity index (χ3v) is 4.58. The Balaban J connectivity index is 2.12. The Morgan fingerprint density at radius 3 is 2.74 bits per heavy atom. The topological polar surface area (TPSA) is 103 Å². The average Bonchev–Trinajstić information content (AvgIpc) is 3.04. The number of nitro groups is 1. The molecular weight excluding hydrogens is 302 g/mol. The molecule has 3 rings (SSSR count). The van der Waals surface area contributed by atoms with Crippen molar-refractivity contribution in [2.75, 3.05) is 7.11 Å². The first-order chi connectivity index (χ1) is 11.0. The van der Waals surface area contributed by atoms with Crippen LogP contribution in [0.5, 0.6) is 0 Å². The number of carboxylic acids is 1. The second-order valence-electron chi connectivity index (χ2n) is 5.80. The molecule has 0 saturated heterocycles. The van der Waals surface area contributed by atoms with Crippen molar-refractivity contribution in [3.63, 3.8) is 0 Å². The highest BCUT2D eigenvalue weighted by Crippen LogP contribution is 2.47. The number of allylic oxidation sites excluding steroid dienone is 2. The summed E-state index contributed by atoms with van der Waals surface area (Å²) < 4.78 is 10.9. The van der Waals surface area contributed by atoms with Crippen LogP contribution in [0.4, 0.5) is 0 Å². The second kappa shape index (κ2) is 5.66. The van der Waals surface area contributed by atoms with Crippen LogP contribution in [-0.4, -0.2) is 23.1 Å². The lowest BCUT2D eigenvalue weighted by molar-refractivity contribution is -0.448. The molecule has 0 spiro atoms. The van der Waals surface area contributed by atoms with Gasteiger partial charge in [-0.2, -0.15) is 0 Å². The van der Waals surface area contributed by atoms with E-state index in [9.17, 15) is 14.9 Å². The molecule has 1 aromatic heterocycles. The molecule has 1 atom stereocenters. The quantitative estimate of drug-likeness (QED) is 0.675. The van der Waals surface area contributed by atoms with Crippen molar-refractivity contribution in [2.24, 2.45) is 0 Å². The summed E-state index contributed by atoms with van der Waals surface area (Å²) in [5, 5.41) is 20.6. The Bertz CT molecular complexity index is 729.